The second kappa shape index (κ2) is 3.34. The van der Waals surface area contributed by atoms with E-state index in [2.05, 4.69) is 56.0 Å². The third-order valence-electron chi connectivity index (χ3n) is 3.29. The monoisotopic (exact) mass is 206 g/mol. The van der Waals surface area contributed by atoms with E-state index in [9.17, 15) is 0 Å². The van der Waals surface area contributed by atoms with Gasteiger partial charge in [0.05, 0.1) is 0 Å². The molecule has 0 saturated carbocycles. The number of rotatable bonds is 1. The summed E-state index contributed by atoms with van der Waals surface area (Å²) in [6.45, 7) is 6.06. The molecule has 0 heteroatoms. The van der Waals surface area contributed by atoms with E-state index in [0.717, 1.165) is 12.0 Å². The summed E-state index contributed by atoms with van der Waals surface area (Å²) in [5.74, 6) is 0. The van der Waals surface area contributed by atoms with Gasteiger partial charge in [-0.25, -0.2) is 0 Å². The number of allylic oxidation sites excluding steroid dienone is 1. The van der Waals surface area contributed by atoms with E-state index in [-0.39, 0.29) is 0 Å². The fourth-order valence-corrected chi connectivity index (χ4v) is 2.39. The molecule has 0 spiro atoms. The van der Waals surface area contributed by atoms with Crippen molar-refractivity contribution < 1.29 is 0 Å². The van der Waals surface area contributed by atoms with Crippen LogP contribution in [-0.2, 0) is 6.42 Å². The molecule has 0 radical (unpaired) electrons. The van der Waals surface area contributed by atoms with Gasteiger partial charge in [-0.05, 0) is 47.2 Å². The van der Waals surface area contributed by atoms with Gasteiger partial charge in [0.1, 0.15) is 0 Å². The zero-order valence-corrected chi connectivity index (χ0v) is 9.46. The molecule has 0 fully saturated rings. The van der Waals surface area contributed by atoms with Crippen molar-refractivity contribution in [2.45, 2.75) is 13.3 Å². The van der Waals surface area contributed by atoms with Crippen LogP contribution in [0.15, 0.2) is 49.0 Å². The molecular weight excluding hydrogens is 192 g/mol. The predicted octanol–water partition coefficient (Wildman–Crippen LogP) is 4.29. The minimum absolute atomic E-state index is 1.07. The lowest BCUT2D eigenvalue weighted by Gasteiger charge is -2.04. The van der Waals surface area contributed by atoms with Crippen molar-refractivity contribution in [1.29, 1.82) is 0 Å². The number of hydrogen-bond acceptors (Lipinski definition) is 0. The van der Waals surface area contributed by atoms with Crippen molar-refractivity contribution in [3.8, 4) is 11.1 Å². The summed E-state index contributed by atoms with van der Waals surface area (Å²) in [4.78, 5) is 0. The first-order valence-corrected chi connectivity index (χ1v) is 5.63. The van der Waals surface area contributed by atoms with Gasteiger partial charge in [0.2, 0.25) is 0 Å². The van der Waals surface area contributed by atoms with Crippen LogP contribution in [0.3, 0.4) is 0 Å². The Morgan fingerprint density at radius 1 is 1.00 bits per heavy atom. The van der Waals surface area contributed by atoms with Gasteiger partial charge in [-0.1, -0.05) is 48.6 Å². The van der Waals surface area contributed by atoms with Crippen molar-refractivity contribution in [2.75, 3.05) is 0 Å². The Bertz CT molecular complexity index is 576. The van der Waals surface area contributed by atoms with Crippen LogP contribution in [0.25, 0.3) is 16.7 Å². The average molecular weight is 206 g/mol. The number of benzene rings is 2. The quantitative estimate of drug-likeness (QED) is 0.557. The summed E-state index contributed by atoms with van der Waals surface area (Å²) in [5.41, 5.74) is 8.03. The van der Waals surface area contributed by atoms with Crippen molar-refractivity contribution in [3.63, 3.8) is 0 Å². The molecule has 0 bridgehead atoms. The van der Waals surface area contributed by atoms with Crippen LogP contribution in [0.2, 0.25) is 0 Å². The summed E-state index contributed by atoms with van der Waals surface area (Å²) in [6.07, 6.45) is 1.07. The van der Waals surface area contributed by atoms with E-state index < -0.39 is 0 Å². The fourth-order valence-electron chi connectivity index (χ4n) is 2.39. The highest BCUT2D eigenvalue weighted by molar-refractivity contribution is 5.79. The van der Waals surface area contributed by atoms with E-state index in [1.54, 1.807) is 0 Å². The second-order valence-corrected chi connectivity index (χ2v) is 4.49. The highest BCUT2D eigenvalue weighted by atomic mass is 14.2. The molecule has 0 heterocycles. The molecule has 0 nitrogen and oxygen atoms in total. The first kappa shape index (κ1) is 9.41. The van der Waals surface area contributed by atoms with Gasteiger partial charge < -0.3 is 0 Å². The molecule has 0 N–H and O–H groups in total. The highest BCUT2D eigenvalue weighted by Crippen LogP contribution is 2.37. The molecule has 3 rings (SSSR count). The molecule has 16 heavy (non-hydrogen) atoms. The lowest BCUT2D eigenvalue weighted by molar-refractivity contribution is 1.26. The van der Waals surface area contributed by atoms with Crippen LogP contribution in [0.1, 0.15) is 23.6 Å². The average Bonchev–Trinajstić information content (AvgIpc) is 2.66. The van der Waals surface area contributed by atoms with Crippen LogP contribution in [0.4, 0.5) is 0 Å². The molecule has 0 aromatic heterocycles. The van der Waals surface area contributed by atoms with Crippen LogP contribution >= 0.6 is 0 Å². The Balaban J connectivity index is 2.22. The highest BCUT2D eigenvalue weighted by Gasteiger charge is 2.17. The van der Waals surface area contributed by atoms with E-state index in [1.165, 1.54) is 27.8 Å². The first-order valence-electron chi connectivity index (χ1n) is 5.63. The van der Waals surface area contributed by atoms with E-state index in [1.807, 2.05) is 0 Å². The van der Waals surface area contributed by atoms with Crippen LogP contribution < -0.4 is 0 Å². The van der Waals surface area contributed by atoms with Gasteiger partial charge in [0.15, 0.2) is 0 Å². The molecule has 0 atom stereocenters. The summed E-state index contributed by atoms with van der Waals surface area (Å²) in [5, 5.41) is 0. The largest absolute Gasteiger partial charge is 0.0955 e. The summed E-state index contributed by atoms with van der Waals surface area (Å²) in [7, 11) is 0. The molecule has 0 unspecified atom stereocenters. The van der Waals surface area contributed by atoms with Crippen molar-refractivity contribution in [3.05, 3.63) is 65.7 Å². The molecule has 1 aliphatic carbocycles. The molecule has 0 aliphatic heterocycles. The predicted molar refractivity (Wildman–Crippen MR) is 69.4 cm³/mol. The molecule has 78 valence electrons. The topological polar surface area (TPSA) is 0 Å². The number of fused-ring (bicyclic) bond motifs is 3. The summed E-state index contributed by atoms with van der Waals surface area (Å²) in [6, 6.07) is 15.3. The third-order valence-corrected chi connectivity index (χ3v) is 3.29. The lowest BCUT2D eigenvalue weighted by atomic mass is 10.0. The maximum absolute atomic E-state index is 4.01. The minimum atomic E-state index is 1.07. The fraction of sp³-hybridized carbons (Fsp3) is 0.125. The van der Waals surface area contributed by atoms with E-state index in [4.69, 9.17) is 0 Å². The molecule has 0 amide bonds. The zero-order chi connectivity index (χ0) is 11.1. The summed E-state index contributed by atoms with van der Waals surface area (Å²) >= 11 is 0. The first-order chi connectivity index (χ1) is 7.75. The van der Waals surface area contributed by atoms with Crippen molar-refractivity contribution in [2.24, 2.45) is 0 Å². The van der Waals surface area contributed by atoms with Crippen molar-refractivity contribution in [1.82, 2.24) is 0 Å². The normalized spacial score (nSPS) is 12.1. The minimum Gasteiger partial charge on any atom is -0.0955 e. The molecule has 0 saturated heterocycles. The maximum Gasteiger partial charge on any atom is -0.00134 e. The summed E-state index contributed by atoms with van der Waals surface area (Å²) < 4.78 is 0. The zero-order valence-electron chi connectivity index (χ0n) is 9.46. The maximum atomic E-state index is 4.01. The Hall–Kier alpha value is -1.82. The van der Waals surface area contributed by atoms with E-state index in [0.29, 0.717) is 0 Å². The van der Waals surface area contributed by atoms with Gasteiger partial charge in [-0.2, -0.15) is 0 Å². The van der Waals surface area contributed by atoms with Gasteiger partial charge >= 0.3 is 0 Å². The Morgan fingerprint density at radius 2 is 1.75 bits per heavy atom. The van der Waals surface area contributed by atoms with Gasteiger partial charge in [-0.15, -0.1) is 0 Å². The van der Waals surface area contributed by atoms with Crippen LogP contribution in [-0.4, -0.2) is 0 Å². The Labute approximate surface area is 96.3 Å². The third kappa shape index (κ3) is 1.30. The van der Waals surface area contributed by atoms with E-state index >= 15 is 0 Å². The number of hydrogen-bond donors (Lipinski definition) is 0. The van der Waals surface area contributed by atoms with Gasteiger partial charge in [0.25, 0.3) is 0 Å². The Kier molecular flexibility index (Phi) is 1.97. The SMILES string of the molecule is C=C(C)c1ccc2c(c1)-c1ccccc1C2. The van der Waals surface area contributed by atoms with Crippen LogP contribution in [0.5, 0.6) is 0 Å². The second-order valence-electron chi connectivity index (χ2n) is 4.49. The molecule has 2 aromatic carbocycles. The molecular formula is C16H14. The standard InChI is InChI=1S/C16H14/c1-11(2)12-7-8-14-9-13-5-3-4-6-15(13)16(14)10-12/h3-8,10H,1,9H2,2H3. The smallest absolute Gasteiger partial charge is 0.00134 e. The van der Waals surface area contributed by atoms with Crippen LogP contribution in [0, 0.1) is 0 Å². The van der Waals surface area contributed by atoms with Gasteiger partial charge in [-0.3, -0.25) is 0 Å². The molecule has 2 aromatic rings. The Morgan fingerprint density at radius 3 is 2.56 bits per heavy atom. The van der Waals surface area contributed by atoms with Gasteiger partial charge in [0, 0.05) is 0 Å². The molecule has 1 aliphatic rings. The lowest BCUT2D eigenvalue weighted by Crippen LogP contribution is -1.83. The van der Waals surface area contributed by atoms with Crippen molar-refractivity contribution >= 4 is 5.57 Å².